The molecule has 78 valence electrons. The Balaban J connectivity index is 3.52. The van der Waals surface area contributed by atoms with Gasteiger partial charge in [-0.3, -0.25) is 0 Å². The van der Waals surface area contributed by atoms with E-state index in [2.05, 4.69) is 4.90 Å². The Labute approximate surface area is 85.9 Å². The third-order valence-electron chi connectivity index (χ3n) is 1.62. The lowest BCUT2D eigenvalue weighted by Crippen LogP contribution is -2.36. The summed E-state index contributed by atoms with van der Waals surface area (Å²) in [5.74, 6) is 0. The summed E-state index contributed by atoms with van der Waals surface area (Å²) in [7, 11) is 1.98. The van der Waals surface area contributed by atoms with E-state index in [-0.39, 0.29) is 0 Å². The van der Waals surface area contributed by atoms with Gasteiger partial charge < -0.3 is 15.7 Å². The summed E-state index contributed by atoms with van der Waals surface area (Å²) in [4.78, 5) is 2.65. The summed E-state index contributed by atoms with van der Waals surface area (Å²) in [5.41, 5.74) is 4.74. The average molecular weight is 204 g/mol. The van der Waals surface area contributed by atoms with Gasteiger partial charge >= 0.3 is 0 Å². The number of thiocarbonyl (C=S) groups is 1. The Kier molecular flexibility index (Phi) is 5.44. The molecule has 3 nitrogen and oxygen atoms in total. The van der Waals surface area contributed by atoms with E-state index in [4.69, 9.17) is 18.0 Å². The van der Waals surface area contributed by atoms with Gasteiger partial charge in [0.1, 0.15) is 0 Å². The fraction of sp³-hybridized carbons (Fsp3) is 0.889. The van der Waals surface area contributed by atoms with Crippen molar-refractivity contribution in [2.75, 3.05) is 20.1 Å². The van der Waals surface area contributed by atoms with Crippen LogP contribution in [-0.4, -0.2) is 40.7 Å². The van der Waals surface area contributed by atoms with E-state index in [0.717, 1.165) is 19.4 Å². The molecule has 0 bridgehead atoms. The number of hydrogen-bond acceptors (Lipinski definition) is 3. The zero-order chi connectivity index (χ0) is 10.5. The predicted molar refractivity (Wildman–Crippen MR) is 59.8 cm³/mol. The van der Waals surface area contributed by atoms with E-state index in [1.54, 1.807) is 13.8 Å². The van der Waals surface area contributed by atoms with Gasteiger partial charge in [-0.05, 0) is 40.3 Å². The molecule has 0 aromatic heterocycles. The molecule has 0 aliphatic rings. The number of aliphatic hydroxyl groups is 1. The first-order valence-electron chi connectivity index (χ1n) is 4.50. The molecule has 0 aliphatic heterocycles. The van der Waals surface area contributed by atoms with E-state index in [9.17, 15) is 5.11 Å². The molecule has 0 aromatic rings. The van der Waals surface area contributed by atoms with Crippen LogP contribution in [0.25, 0.3) is 0 Å². The maximum atomic E-state index is 9.50. The number of likely N-dealkylation sites (N-methyl/N-ethyl adjacent to an activating group) is 1. The second kappa shape index (κ2) is 5.52. The lowest BCUT2D eigenvalue weighted by Gasteiger charge is -2.25. The molecule has 0 aromatic carbocycles. The SMILES string of the molecule is CN(CCCC(N)=S)CC(C)(C)O. The Bertz CT molecular complexity index is 165. The first-order chi connectivity index (χ1) is 5.81. The fourth-order valence-electron chi connectivity index (χ4n) is 1.26. The van der Waals surface area contributed by atoms with E-state index in [0.29, 0.717) is 11.5 Å². The number of hydrogen-bond donors (Lipinski definition) is 2. The molecule has 0 saturated carbocycles. The second-order valence-electron chi connectivity index (χ2n) is 4.12. The zero-order valence-corrected chi connectivity index (χ0v) is 9.52. The molecule has 0 saturated heterocycles. The largest absolute Gasteiger partial charge is 0.393 e. The van der Waals surface area contributed by atoms with Crippen LogP contribution in [0.2, 0.25) is 0 Å². The summed E-state index contributed by atoms with van der Waals surface area (Å²) in [5, 5.41) is 9.50. The Morgan fingerprint density at radius 2 is 2.08 bits per heavy atom. The van der Waals surface area contributed by atoms with Crippen molar-refractivity contribution in [1.82, 2.24) is 4.90 Å². The van der Waals surface area contributed by atoms with Crippen LogP contribution in [0.3, 0.4) is 0 Å². The number of rotatable bonds is 6. The van der Waals surface area contributed by atoms with E-state index in [1.165, 1.54) is 0 Å². The van der Waals surface area contributed by atoms with Crippen LogP contribution >= 0.6 is 12.2 Å². The van der Waals surface area contributed by atoms with Gasteiger partial charge in [-0.1, -0.05) is 12.2 Å². The molecule has 0 aliphatic carbocycles. The lowest BCUT2D eigenvalue weighted by molar-refractivity contribution is 0.0445. The molecule has 3 N–H and O–H groups in total. The predicted octanol–water partition coefficient (Wildman–Crippen LogP) is 0.755. The number of nitrogens with zero attached hydrogens (tertiary/aromatic N) is 1. The topological polar surface area (TPSA) is 49.5 Å². The third kappa shape index (κ3) is 9.73. The maximum absolute atomic E-state index is 9.50. The van der Waals surface area contributed by atoms with Gasteiger partial charge in [0.05, 0.1) is 10.6 Å². The summed E-state index contributed by atoms with van der Waals surface area (Å²) in [6.45, 7) is 5.19. The molecule has 0 amide bonds. The molecule has 0 atom stereocenters. The summed E-state index contributed by atoms with van der Waals surface area (Å²) in [6.07, 6.45) is 1.74. The van der Waals surface area contributed by atoms with Gasteiger partial charge in [-0.25, -0.2) is 0 Å². The van der Waals surface area contributed by atoms with Gasteiger partial charge in [0, 0.05) is 6.54 Å². The Morgan fingerprint density at radius 3 is 2.46 bits per heavy atom. The maximum Gasteiger partial charge on any atom is 0.0727 e. The highest BCUT2D eigenvalue weighted by molar-refractivity contribution is 7.80. The van der Waals surface area contributed by atoms with Crippen molar-refractivity contribution < 1.29 is 5.11 Å². The minimum atomic E-state index is -0.627. The molecule has 4 heteroatoms. The smallest absolute Gasteiger partial charge is 0.0727 e. The van der Waals surface area contributed by atoms with Crippen molar-refractivity contribution in [3.8, 4) is 0 Å². The van der Waals surface area contributed by atoms with Gasteiger partial charge in [-0.2, -0.15) is 0 Å². The van der Waals surface area contributed by atoms with Crippen LogP contribution in [0.15, 0.2) is 0 Å². The minimum Gasteiger partial charge on any atom is -0.393 e. The zero-order valence-electron chi connectivity index (χ0n) is 8.71. The summed E-state index contributed by atoms with van der Waals surface area (Å²) < 4.78 is 0. The molecule has 0 spiro atoms. The van der Waals surface area contributed by atoms with Gasteiger partial charge in [0.2, 0.25) is 0 Å². The van der Waals surface area contributed by atoms with Crippen LogP contribution in [0.4, 0.5) is 0 Å². The first kappa shape index (κ1) is 12.8. The highest BCUT2D eigenvalue weighted by Gasteiger charge is 2.14. The molecule has 13 heavy (non-hydrogen) atoms. The van der Waals surface area contributed by atoms with Crippen LogP contribution in [-0.2, 0) is 0 Å². The van der Waals surface area contributed by atoms with Crippen LogP contribution in [0.1, 0.15) is 26.7 Å². The first-order valence-corrected chi connectivity index (χ1v) is 4.91. The molecule has 0 rings (SSSR count). The lowest BCUT2D eigenvalue weighted by atomic mass is 10.1. The van der Waals surface area contributed by atoms with E-state index in [1.807, 2.05) is 7.05 Å². The van der Waals surface area contributed by atoms with Crippen LogP contribution in [0, 0.1) is 0 Å². The van der Waals surface area contributed by atoms with Crippen LogP contribution in [0.5, 0.6) is 0 Å². The molecular formula is C9H20N2OS. The van der Waals surface area contributed by atoms with E-state index < -0.39 is 5.60 Å². The number of nitrogens with two attached hydrogens (primary N) is 1. The van der Waals surface area contributed by atoms with Crippen molar-refractivity contribution in [2.45, 2.75) is 32.3 Å². The fourth-order valence-corrected chi connectivity index (χ4v) is 1.41. The quantitative estimate of drug-likeness (QED) is 0.627. The summed E-state index contributed by atoms with van der Waals surface area (Å²) >= 11 is 4.77. The average Bonchev–Trinajstić information content (AvgIpc) is 1.81. The summed E-state index contributed by atoms with van der Waals surface area (Å²) in [6, 6.07) is 0. The highest BCUT2D eigenvalue weighted by Crippen LogP contribution is 2.03. The highest BCUT2D eigenvalue weighted by atomic mass is 32.1. The monoisotopic (exact) mass is 204 g/mol. The third-order valence-corrected chi connectivity index (χ3v) is 1.82. The molecule has 0 radical (unpaired) electrons. The molecular weight excluding hydrogens is 184 g/mol. The van der Waals surface area contributed by atoms with Crippen molar-refractivity contribution in [3.63, 3.8) is 0 Å². The van der Waals surface area contributed by atoms with E-state index >= 15 is 0 Å². The van der Waals surface area contributed by atoms with Crippen LogP contribution < -0.4 is 5.73 Å². The molecule has 0 heterocycles. The van der Waals surface area contributed by atoms with Crippen molar-refractivity contribution >= 4 is 17.2 Å². The Morgan fingerprint density at radius 1 is 1.54 bits per heavy atom. The normalized spacial score (nSPS) is 12.1. The van der Waals surface area contributed by atoms with Gasteiger partial charge in [0.15, 0.2) is 0 Å². The standard InChI is InChI=1S/C9H20N2OS/c1-9(2,12)7-11(3)6-4-5-8(10)13/h12H,4-7H2,1-3H3,(H2,10,13). The molecule has 0 unspecified atom stereocenters. The minimum absolute atomic E-state index is 0.566. The van der Waals surface area contributed by atoms with Crippen molar-refractivity contribution in [3.05, 3.63) is 0 Å². The van der Waals surface area contributed by atoms with Gasteiger partial charge in [-0.15, -0.1) is 0 Å². The Hall–Kier alpha value is -0.190. The van der Waals surface area contributed by atoms with Gasteiger partial charge in [0.25, 0.3) is 0 Å². The second-order valence-corrected chi connectivity index (χ2v) is 4.64. The van der Waals surface area contributed by atoms with Crippen molar-refractivity contribution in [1.29, 1.82) is 0 Å². The molecule has 0 fully saturated rings. The van der Waals surface area contributed by atoms with Crippen molar-refractivity contribution in [2.24, 2.45) is 5.73 Å².